The van der Waals surface area contributed by atoms with E-state index in [1.165, 1.54) is 24.8 Å². The van der Waals surface area contributed by atoms with Crippen molar-refractivity contribution in [3.63, 3.8) is 0 Å². The summed E-state index contributed by atoms with van der Waals surface area (Å²) in [7, 11) is 0.0131. The first-order chi connectivity index (χ1) is 23.5. The predicted octanol–water partition coefficient (Wildman–Crippen LogP) is 5.11. The van der Waals surface area contributed by atoms with Gasteiger partial charge in [0.2, 0.25) is 15.9 Å². The summed E-state index contributed by atoms with van der Waals surface area (Å²) in [6.45, 7) is 6.78. The second kappa shape index (κ2) is 12.1. The molecular formula is C38H48N4O6S. The lowest BCUT2D eigenvalue weighted by Crippen LogP contribution is -2.66. The van der Waals surface area contributed by atoms with Gasteiger partial charge in [-0.1, -0.05) is 39.2 Å². The molecule has 8 rings (SSSR count). The molecule has 2 aromatic carbocycles. The Kier molecular flexibility index (Phi) is 8.11. The summed E-state index contributed by atoms with van der Waals surface area (Å²) in [6, 6.07) is 12.0. The van der Waals surface area contributed by atoms with Gasteiger partial charge in [-0.25, -0.2) is 13.1 Å². The van der Waals surface area contributed by atoms with Crippen LogP contribution in [-0.4, -0.2) is 92.9 Å². The van der Waals surface area contributed by atoms with Crippen molar-refractivity contribution < 1.29 is 27.5 Å². The van der Waals surface area contributed by atoms with Crippen LogP contribution in [0.25, 0.3) is 22.2 Å². The van der Waals surface area contributed by atoms with Crippen molar-refractivity contribution in [2.24, 2.45) is 11.3 Å². The number of benzene rings is 2. The number of rotatable bonds is 7. The van der Waals surface area contributed by atoms with Crippen LogP contribution in [-0.2, 0) is 26.1 Å². The monoisotopic (exact) mass is 688 g/mol. The number of carbonyl (C=O) groups excluding carboxylic acids is 2. The first-order valence-corrected chi connectivity index (χ1v) is 19.6. The molecule has 262 valence electrons. The van der Waals surface area contributed by atoms with E-state index in [1.54, 1.807) is 13.2 Å². The van der Waals surface area contributed by atoms with Gasteiger partial charge in [-0.05, 0) is 79.6 Å². The molecule has 5 aliphatic rings. The van der Waals surface area contributed by atoms with Crippen LogP contribution in [0, 0.1) is 11.3 Å². The summed E-state index contributed by atoms with van der Waals surface area (Å²) in [5, 5.41) is 1.08. The van der Waals surface area contributed by atoms with E-state index in [0.29, 0.717) is 31.2 Å². The molecule has 4 fully saturated rings. The number of nitrogens with zero attached hydrogens (tertiary/aromatic N) is 3. The van der Waals surface area contributed by atoms with Crippen molar-refractivity contribution in [1.82, 2.24) is 19.1 Å². The van der Waals surface area contributed by atoms with Gasteiger partial charge in [-0.3, -0.25) is 9.59 Å². The van der Waals surface area contributed by atoms with Crippen molar-refractivity contribution in [3.8, 4) is 17.0 Å². The molecule has 1 N–H and O–H groups in total. The molecule has 2 saturated carbocycles. The van der Waals surface area contributed by atoms with Crippen LogP contribution in [0.1, 0.15) is 85.7 Å². The maximum atomic E-state index is 15.1. The largest absolute Gasteiger partial charge is 0.497 e. The van der Waals surface area contributed by atoms with Gasteiger partial charge in [0.1, 0.15) is 5.75 Å². The number of sulfonamides is 1. The normalized spacial score (nSPS) is 26.9. The SMILES string of the molecule is COc1ccc2c(c1)C1CC1(C(=O)N1[C@@H]3COC[C@H]1CN(C)C3)Cn1c-2c(C2CCCCC2)c2ccc(C(=O)NS(=O)(=O)CC(C)C)cc21. The third-order valence-electron chi connectivity index (χ3n) is 11.7. The molecular weight excluding hydrogens is 641 g/mol. The Morgan fingerprint density at radius 1 is 1.04 bits per heavy atom. The fourth-order valence-corrected chi connectivity index (χ4v) is 10.9. The van der Waals surface area contributed by atoms with Crippen LogP contribution < -0.4 is 9.46 Å². The van der Waals surface area contributed by atoms with E-state index in [1.807, 2.05) is 32.0 Å². The zero-order valence-electron chi connectivity index (χ0n) is 29.0. The number of methoxy groups -OCH3 is 1. The number of fused-ring (bicyclic) bond motifs is 9. The van der Waals surface area contributed by atoms with Crippen LogP contribution in [0.3, 0.4) is 0 Å². The Labute approximate surface area is 289 Å². The average molecular weight is 689 g/mol. The topological polar surface area (TPSA) is 110 Å². The Bertz CT molecular complexity index is 1920. The number of likely N-dealkylation sites (N-methyl/N-ethyl adjacent to an activating group) is 1. The van der Waals surface area contributed by atoms with Crippen LogP contribution in [0.5, 0.6) is 5.75 Å². The molecule has 11 heteroatoms. The lowest BCUT2D eigenvalue weighted by Gasteiger charge is -2.50. The molecule has 3 aliphatic heterocycles. The van der Waals surface area contributed by atoms with Crippen molar-refractivity contribution in [1.29, 1.82) is 0 Å². The van der Waals surface area contributed by atoms with Crippen LogP contribution in [0.15, 0.2) is 36.4 Å². The molecule has 0 radical (unpaired) electrons. The molecule has 10 nitrogen and oxygen atoms in total. The first-order valence-electron chi connectivity index (χ1n) is 18.0. The van der Waals surface area contributed by atoms with Gasteiger partial charge in [-0.15, -0.1) is 0 Å². The quantitative estimate of drug-likeness (QED) is 0.368. The van der Waals surface area contributed by atoms with Crippen LogP contribution in [0.4, 0.5) is 0 Å². The van der Waals surface area contributed by atoms with E-state index in [0.717, 1.165) is 65.8 Å². The highest BCUT2D eigenvalue weighted by Crippen LogP contribution is 2.66. The zero-order chi connectivity index (χ0) is 34.2. The highest BCUT2D eigenvalue weighted by atomic mass is 32.2. The van der Waals surface area contributed by atoms with E-state index in [9.17, 15) is 13.2 Å². The number of aromatic nitrogens is 1. The molecule has 2 amide bonds. The summed E-state index contributed by atoms with van der Waals surface area (Å²) in [5.74, 6) is 0.493. The summed E-state index contributed by atoms with van der Waals surface area (Å²) >= 11 is 0. The third-order valence-corrected chi connectivity index (χ3v) is 13.3. The number of ether oxygens (including phenoxy) is 2. The minimum atomic E-state index is -3.79. The second-order valence-corrected chi connectivity index (χ2v) is 17.4. The Morgan fingerprint density at radius 3 is 2.47 bits per heavy atom. The van der Waals surface area contributed by atoms with Gasteiger partial charge in [0.25, 0.3) is 5.91 Å². The minimum absolute atomic E-state index is 0.00965. The minimum Gasteiger partial charge on any atom is -0.497 e. The molecule has 4 heterocycles. The molecule has 1 aromatic heterocycles. The molecule has 2 bridgehead atoms. The molecule has 2 aliphatic carbocycles. The van der Waals surface area contributed by atoms with E-state index in [-0.39, 0.29) is 35.6 Å². The summed E-state index contributed by atoms with van der Waals surface area (Å²) in [5.41, 5.74) is 5.23. The average Bonchev–Trinajstić information content (AvgIpc) is 3.73. The molecule has 0 spiro atoms. The lowest BCUT2D eigenvalue weighted by molar-refractivity contribution is -0.160. The van der Waals surface area contributed by atoms with Gasteiger partial charge in [-0.2, -0.15) is 0 Å². The number of morpholine rings is 1. The number of piperazine rings is 1. The van der Waals surface area contributed by atoms with Crippen molar-refractivity contribution in [3.05, 3.63) is 53.1 Å². The molecule has 49 heavy (non-hydrogen) atoms. The fraction of sp³-hybridized carbons (Fsp3) is 0.579. The molecule has 3 aromatic rings. The number of carbonyl (C=O) groups is 2. The fourth-order valence-electron chi connectivity index (χ4n) is 9.57. The number of hydrogen-bond donors (Lipinski definition) is 1. The Morgan fingerprint density at radius 2 is 1.78 bits per heavy atom. The van der Waals surface area contributed by atoms with E-state index >= 15 is 4.79 Å². The Hall–Kier alpha value is -3.41. The summed E-state index contributed by atoms with van der Waals surface area (Å²) in [6.07, 6.45) is 6.48. The van der Waals surface area contributed by atoms with E-state index in [4.69, 9.17) is 9.47 Å². The van der Waals surface area contributed by atoms with Gasteiger partial charge < -0.3 is 23.8 Å². The highest BCUT2D eigenvalue weighted by molar-refractivity contribution is 7.90. The standard InChI is InChI=1S/C38H48N4O6S/c1-23(2)21-49(45,46)39-36(43)25-10-12-30-33(14-25)41-22-38(37(44)42-26-17-40(3)18-27(42)20-48-19-26)16-32(38)31-15-28(47-4)11-13-29(31)35(41)34(30)24-8-6-5-7-9-24/h10-15,23-24,26-27,32H,5-9,16-22H2,1-4H3,(H,39,43)/t26-,27+,32?,38?. The van der Waals surface area contributed by atoms with E-state index in [2.05, 4.69) is 38.3 Å². The number of nitrogens with one attached hydrogen (secondary N) is 1. The van der Waals surface area contributed by atoms with Gasteiger partial charge >= 0.3 is 0 Å². The maximum absolute atomic E-state index is 15.1. The van der Waals surface area contributed by atoms with Crippen molar-refractivity contribution in [2.45, 2.75) is 82.8 Å². The van der Waals surface area contributed by atoms with E-state index < -0.39 is 21.3 Å². The van der Waals surface area contributed by atoms with Crippen molar-refractivity contribution in [2.75, 3.05) is 46.2 Å². The molecule has 2 unspecified atom stereocenters. The van der Waals surface area contributed by atoms with Gasteiger partial charge in [0.15, 0.2) is 0 Å². The van der Waals surface area contributed by atoms with Crippen LogP contribution in [0.2, 0.25) is 0 Å². The number of hydrogen-bond acceptors (Lipinski definition) is 7. The van der Waals surface area contributed by atoms with Crippen LogP contribution >= 0.6 is 0 Å². The maximum Gasteiger partial charge on any atom is 0.264 e. The third kappa shape index (κ3) is 5.56. The van der Waals surface area contributed by atoms with Gasteiger partial charge in [0, 0.05) is 47.6 Å². The zero-order valence-corrected chi connectivity index (χ0v) is 29.9. The Balaban J connectivity index is 1.30. The summed E-state index contributed by atoms with van der Waals surface area (Å²) < 4.78 is 41.9. The second-order valence-electron chi connectivity index (χ2n) is 15.7. The summed E-state index contributed by atoms with van der Waals surface area (Å²) in [4.78, 5) is 33.1. The lowest BCUT2D eigenvalue weighted by atomic mass is 9.81. The van der Waals surface area contributed by atoms with Gasteiger partial charge in [0.05, 0.1) is 49.3 Å². The molecule has 4 atom stereocenters. The number of amides is 2. The molecule has 2 saturated heterocycles. The smallest absolute Gasteiger partial charge is 0.264 e. The predicted molar refractivity (Wildman–Crippen MR) is 188 cm³/mol. The first kappa shape index (κ1) is 32.8. The van der Waals surface area contributed by atoms with Crippen molar-refractivity contribution >= 4 is 32.7 Å². The highest BCUT2D eigenvalue weighted by Gasteiger charge is 2.65.